The highest BCUT2D eigenvalue weighted by molar-refractivity contribution is 5.73. The number of rotatable bonds is 7. The molecule has 1 aliphatic carbocycles. The average Bonchev–Trinajstić information content (AvgIpc) is 2.91. The summed E-state index contributed by atoms with van der Waals surface area (Å²) in [5, 5.41) is 9.24. The zero-order valence-electron chi connectivity index (χ0n) is 13.4. The first-order chi connectivity index (χ1) is 10.6. The maximum absolute atomic E-state index is 11.6. The van der Waals surface area contributed by atoms with Crippen molar-refractivity contribution in [3.05, 3.63) is 11.7 Å². The second kappa shape index (κ2) is 8.73. The van der Waals surface area contributed by atoms with Gasteiger partial charge in [0, 0.05) is 19.5 Å². The number of hydrogen-bond donors (Lipinski definition) is 2. The molecule has 7 heteroatoms. The first kappa shape index (κ1) is 16.7. The number of aromatic nitrogens is 2. The van der Waals surface area contributed by atoms with E-state index in [-0.39, 0.29) is 6.03 Å². The van der Waals surface area contributed by atoms with Gasteiger partial charge < -0.3 is 19.9 Å². The molecule has 124 valence electrons. The standard InChI is InChI=1S/C15H26N4O3/c1-11-5-3-4-6-13(11)21-10-9-17-15(20)16-8-7-14-18-12(2)19-22-14/h11,13H,3-10H2,1-2H3,(H2,16,17,20)/t11-,13-/m0/s1. The number of aryl methyl sites for hydroxylation is 1. The van der Waals surface area contributed by atoms with Crippen LogP contribution in [0.5, 0.6) is 0 Å². The van der Waals surface area contributed by atoms with Crippen LogP contribution in [-0.4, -0.2) is 42.0 Å². The van der Waals surface area contributed by atoms with Crippen molar-refractivity contribution in [1.29, 1.82) is 0 Å². The first-order valence-corrected chi connectivity index (χ1v) is 8.07. The number of amides is 2. The van der Waals surface area contributed by atoms with E-state index in [0.29, 0.717) is 49.9 Å². The van der Waals surface area contributed by atoms with E-state index in [0.717, 1.165) is 6.42 Å². The molecule has 1 saturated carbocycles. The molecule has 1 heterocycles. The number of ether oxygens (including phenoxy) is 1. The van der Waals surface area contributed by atoms with Crippen molar-refractivity contribution in [3.63, 3.8) is 0 Å². The molecule has 1 aliphatic rings. The largest absolute Gasteiger partial charge is 0.376 e. The van der Waals surface area contributed by atoms with Gasteiger partial charge in [0.15, 0.2) is 5.82 Å². The second-order valence-electron chi connectivity index (χ2n) is 5.84. The summed E-state index contributed by atoms with van der Waals surface area (Å²) < 4.78 is 10.8. The second-order valence-corrected chi connectivity index (χ2v) is 5.84. The summed E-state index contributed by atoms with van der Waals surface area (Å²) >= 11 is 0. The molecule has 1 aromatic rings. The third-order valence-corrected chi connectivity index (χ3v) is 3.95. The van der Waals surface area contributed by atoms with E-state index in [9.17, 15) is 4.79 Å². The maximum atomic E-state index is 11.6. The van der Waals surface area contributed by atoms with Crippen LogP contribution >= 0.6 is 0 Å². The predicted octanol–water partition coefficient (Wildman–Crippen LogP) is 1.82. The fourth-order valence-corrected chi connectivity index (χ4v) is 2.69. The van der Waals surface area contributed by atoms with Crippen LogP contribution < -0.4 is 10.6 Å². The summed E-state index contributed by atoms with van der Waals surface area (Å²) in [6.07, 6.45) is 5.81. The van der Waals surface area contributed by atoms with E-state index in [1.807, 2.05) is 0 Å². The van der Waals surface area contributed by atoms with E-state index in [4.69, 9.17) is 9.26 Å². The number of nitrogens with one attached hydrogen (secondary N) is 2. The van der Waals surface area contributed by atoms with Crippen molar-refractivity contribution in [1.82, 2.24) is 20.8 Å². The normalized spacial score (nSPS) is 21.5. The lowest BCUT2D eigenvalue weighted by Crippen LogP contribution is -2.39. The number of carbonyl (C=O) groups is 1. The van der Waals surface area contributed by atoms with Crippen LogP contribution in [-0.2, 0) is 11.2 Å². The monoisotopic (exact) mass is 310 g/mol. The van der Waals surface area contributed by atoms with Gasteiger partial charge in [-0.15, -0.1) is 0 Å². The zero-order chi connectivity index (χ0) is 15.8. The number of nitrogens with zero attached hydrogens (tertiary/aromatic N) is 2. The molecule has 2 N–H and O–H groups in total. The topological polar surface area (TPSA) is 89.3 Å². The maximum Gasteiger partial charge on any atom is 0.314 e. The van der Waals surface area contributed by atoms with Crippen molar-refractivity contribution in [2.75, 3.05) is 19.7 Å². The number of carbonyl (C=O) groups excluding carboxylic acids is 1. The third kappa shape index (κ3) is 5.63. The van der Waals surface area contributed by atoms with Crippen LogP contribution in [0.25, 0.3) is 0 Å². The minimum Gasteiger partial charge on any atom is -0.376 e. The zero-order valence-corrected chi connectivity index (χ0v) is 13.4. The molecule has 0 aliphatic heterocycles. The lowest BCUT2D eigenvalue weighted by Gasteiger charge is -2.28. The molecule has 2 atom stereocenters. The molecule has 7 nitrogen and oxygen atoms in total. The molecule has 1 aromatic heterocycles. The van der Waals surface area contributed by atoms with Gasteiger partial charge in [-0.3, -0.25) is 0 Å². The lowest BCUT2D eigenvalue weighted by atomic mass is 9.88. The van der Waals surface area contributed by atoms with Gasteiger partial charge >= 0.3 is 6.03 Å². The van der Waals surface area contributed by atoms with Crippen molar-refractivity contribution in [2.45, 2.75) is 52.1 Å². The average molecular weight is 310 g/mol. The van der Waals surface area contributed by atoms with Gasteiger partial charge in [-0.05, 0) is 25.7 Å². The molecule has 1 fully saturated rings. The van der Waals surface area contributed by atoms with Crippen LogP contribution in [0, 0.1) is 12.8 Å². The van der Waals surface area contributed by atoms with Crippen LogP contribution in [0.4, 0.5) is 4.79 Å². The van der Waals surface area contributed by atoms with E-state index < -0.39 is 0 Å². The summed E-state index contributed by atoms with van der Waals surface area (Å²) in [6.45, 7) is 5.55. The third-order valence-electron chi connectivity index (χ3n) is 3.95. The minimum absolute atomic E-state index is 0.198. The smallest absolute Gasteiger partial charge is 0.314 e. The Morgan fingerprint density at radius 2 is 2.09 bits per heavy atom. The van der Waals surface area contributed by atoms with Crippen molar-refractivity contribution >= 4 is 6.03 Å². The Kier molecular flexibility index (Phi) is 6.64. The Balaban J connectivity index is 1.50. The Morgan fingerprint density at radius 3 is 2.82 bits per heavy atom. The Morgan fingerprint density at radius 1 is 1.32 bits per heavy atom. The Labute approximate surface area is 131 Å². The lowest BCUT2D eigenvalue weighted by molar-refractivity contribution is -0.00242. The molecular weight excluding hydrogens is 284 g/mol. The van der Waals surface area contributed by atoms with Gasteiger partial charge in [0.05, 0.1) is 12.7 Å². The van der Waals surface area contributed by atoms with Crippen LogP contribution in [0.1, 0.15) is 44.3 Å². The van der Waals surface area contributed by atoms with Gasteiger partial charge in [-0.1, -0.05) is 24.9 Å². The minimum atomic E-state index is -0.198. The molecule has 0 bridgehead atoms. The summed E-state index contributed by atoms with van der Waals surface area (Å²) in [4.78, 5) is 15.7. The van der Waals surface area contributed by atoms with E-state index in [1.54, 1.807) is 6.92 Å². The van der Waals surface area contributed by atoms with Crippen LogP contribution in [0.2, 0.25) is 0 Å². The highest BCUT2D eigenvalue weighted by Crippen LogP contribution is 2.25. The SMILES string of the molecule is Cc1noc(CCNC(=O)NCCO[C@H]2CCCC[C@@H]2C)n1. The van der Waals surface area contributed by atoms with Crippen molar-refractivity contribution in [3.8, 4) is 0 Å². The van der Waals surface area contributed by atoms with Gasteiger partial charge in [-0.25, -0.2) is 4.79 Å². The van der Waals surface area contributed by atoms with Crippen LogP contribution in [0.3, 0.4) is 0 Å². The summed E-state index contributed by atoms with van der Waals surface area (Å²) in [6, 6.07) is -0.198. The first-order valence-electron chi connectivity index (χ1n) is 8.07. The molecule has 0 radical (unpaired) electrons. The molecule has 22 heavy (non-hydrogen) atoms. The Bertz CT molecular complexity index is 463. The van der Waals surface area contributed by atoms with E-state index in [1.165, 1.54) is 19.3 Å². The molecule has 0 aromatic carbocycles. The molecule has 0 unspecified atom stereocenters. The van der Waals surface area contributed by atoms with Gasteiger partial charge in [-0.2, -0.15) is 4.98 Å². The van der Waals surface area contributed by atoms with Crippen molar-refractivity contribution in [2.24, 2.45) is 5.92 Å². The molecule has 0 saturated heterocycles. The fourth-order valence-electron chi connectivity index (χ4n) is 2.69. The van der Waals surface area contributed by atoms with E-state index in [2.05, 4.69) is 27.7 Å². The Hall–Kier alpha value is -1.63. The van der Waals surface area contributed by atoms with E-state index >= 15 is 0 Å². The summed E-state index contributed by atoms with van der Waals surface area (Å²) in [7, 11) is 0. The number of urea groups is 1. The molecule has 0 spiro atoms. The highest BCUT2D eigenvalue weighted by Gasteiger charge is 2.21. The quantitative estimate of drug-likeness (QED) is 0.750. The molecule has 2 amide bonds. The van der Waals surface area contributed by atoms with Gasteiger partial charge in [0.2, 0.25) is 5.89 Å². The van der Waals surface area contributed by atoms with Crippen LogP contribution in [0.15, 0.2) is 4.52 Å². The molecule has 2 rings (SSSR count). The fraction of sp³-hybridized carbons (Fsp3) is 0.800. The van der Waals surface area contributed by atoms with Gasteiger partial charge in [0.25, 0.3) is 0 Å². The molecular formula is C15H26N4O3. The summed E-state index contributed by atoms with van der Waals surface area (Å²) in [5.74, 6) is 1.77. The van der Waals surface area contributed by atoms with Crippen molar-refractivity contribution < 1.29 is 14.1 Å². The van der Waals surface area contributed by atoms with Gasteiger partial charge in [0.1, 0.15) is 0 Å². The highest BCUT2D eigenvalue weighted by atomic mass is 16.5. The predicted molar refractivity (Wildman–Crippen MR) is 81.5 cm³/mol. The number of hydrogen-bond acceptors (Lipinski definition) is 5. The summed E-state index contributed by atoms with van der Waals surface area (Å²) in [5.41, 5.74) is 0.